The summed E-state index contributed by atoms with van der Waals surface area (Å²) in [5, 5.41) is 7.27. The summed E-state index contributed by atoms with van der Waals surface area (Å²) in [6.45, 7) is 2.02. The summed E-state index contributed by atoms with van der Waals surface area (Å²) in [4.78, 5) is 0. The summed E-state index contributed by atoms with van der Waals surface area (Å²) < 4.78 is 0. The molecule has 2 N–H and O–H groups in total. The third kappa shape index (κ3) is 0.915. The van der Waals surface area contributed by atoms with Crippen molar-refractivity contribution in [3.8, 4) is 0 Å². The van der Waals surface area contributed by atoms with Gasteiger partial charge in [0.1, 0.15) is 0 Å². The Kier molecular flexibility index (Phi) is 1.38. The van der Waals surface area contributed by atoms with Crippen molar-refractivity contribution in [2.75, 3.05) is 0 Å². The van der Waals surface area contributed by atoms with Gasteiger partial charge in [0, 0.05) is 11.6 Å². The van der Waals surface area contributed by atoms with Crippen molar-refractivity contribution in [1.82, 2.24) is 0 Å². The van der Waals surface area contributed by atoms with Gasteiger partial charge in [0.05, 0.1) is 0 Å². The van der Waals surface area contributed by atoms with Crippen LogP contribution in [0.4, 0.5) is 0 Å². The molecule has 1 rings (SSSR count). The fraction of sp³-hybridized carbons (Fsp3) is 0.429. The zero-order valence-corrected chi connectivity index (χ0v) is 5.07. The van der Waals surface area contributed by atoms with Crippen molar-refractivity contribution in [3.63, 3.8) is 0 Å². The van der Waals surface area contributed by atoms with Gasteiger partial charge in [0.25, 0.3) is 5.76 Å². The third-order valence-electron chi connectivity index (χ3n) is 1.43. The topological polar surface area (TPSA) is 22.9 Å². The van der Waals surface area contributed by atoms with E-state index in [9.17, 15) is 0 Å². The average molecular weight is 111 g/mol. The Balaban J connectivity index is 2.76. The van der Waals surface area contributed by atoms with Crippen molar-refractivity contribution in [2.45, 2.75) is 19.8 Å². The van der Waals surface area contributed by atoms with E-state index in [0.29, 0.717) is 5.76 Å². The minimum atomic E-state index is 0.705. The first-order valence-electron chi connectivity index (χ1n) is 2.88. The lowest BCUT2D eigenvalue weighted by molar-refractivity contribution is 0.419. The maximum atomic E-state index is 7.27. The molecule has 0 atom stereocenters. The van der Waals surface area contributed by atoms with Crippen LogP contribution in [0.1, 0.15) is 19.8 Å². The van der Waals surface area contributed by atoms with Crippen LogP contribution in [0, 0.1) is 0 Å². The molecule has 0 unspecified atom stereocenters. The van der Waals surface area contributed by atoms with Crippen LogP contribution in [-0.2, 0) is 0 Å². The SMILES string of the molecule is CC1=C([OH2+])C=CCC1. The lowest BCUT2D eigenvalue weighted by Gasteiger charge is -2.00. The molecule has 0 saturated carbocycles. The molecule has 0 fully saturated rings. The second-order valence-electron chi connectivity index (χ2n) is 2.14. The number of rotatable bonds is 0. The molecule has 1 aliphatic carbocycles. The second-order valence-corrected chi connectivity index (χ2v) is 2.14. The van der Waals surface area contributed by atoms with Gasteiger partial charge in [-0.15, -0.1) is 0 Å². The second kappa shape index (κ2) is 2.03. The lowest BCUT2D eigenvalue weighted by atomic mass is 10.1. The number of hydrogen-bond acceptors (Lipinski definition) is 0. The minimum Gasteiger partial charge on any atom is -0.593 e. The molecule has 0 spiro atoms. The van der Waals surface area contributed by atoms with Gasteiger partial charge in [-0.2, -0.15) is 0 Å². The van der Waals surface area contributed by atoms with E-state index in [-0.39, 0.29) is 0 Å². The first-order chi connectivity index (χ1) is 3.80. The van der Waals surface area contributed by atoms with Crippen LogP contribution in [0.3, 0.4) is 0 Å². The molecular weight excluding hydrogens is 100 g/mol. The molecule has 44 valence electrons. The van der Waals surface area contributed by atoms with Crippen molar-refractivity contribution in [1.29, 1.82) is 0 Å². The molecule has 0 radical (unpaired) electrons. The van der Waals surface area contributed by atoms with Crippen LogP contribution in [0.2, 0.25) is 0 Å². The Morgan fingerprint density at radius 1 is 1.62 bits per heavy atom. The molecule has 1 nitrogen and oxygen atoms in total. The summed E-state index contributed by atoms with van der Waals surface area (Å²) in [5.41, 5.74) is 1.22. The Hall–Kier alpha value is -0.720. The van der Waals surface area contributed by atoms with Crippen LogP contribution >= 0.6 is 0 Å². The third-order valence-corrected chi connectivity index (χ3v) is 1.43. The molecule has 0 aliphatic heterocycles. The highest BCUT2D eigenvalue weighted by molar-refractivity contribution is 5.21. The summed E-state index contributed by atoms with van der Waals surface area (Å²) in [6, 6.07) is 0. The minimum absolute atomic E-state index is 0.705. The Bertz CT molecular complexity index is 142. The summed E-state index contributed by atoms with van der Waals surface area (Å²) in [5.74, 6) is 0.705. The fourth-order valence-corrected chi connectivity index (χ4v) is 0.778. The standard InChI is InChI=1S/C7H10O/c1-6-4-2-3-5-7(6)8/h3,5,8H,2,4H2,1H3/p+1. The van der Waals surface area contributed by atoms with Gasteiger partial charge in [-0.3, -0.25) is 0 Å². The molecule has 1 aliphatic rings. The molecular formula is C7H11O+. The maximum absolute atomic E-state index is 7.27. The van der Waals surface area contributed by atoms with Gasteiger partial charge >= 0.3 is 0 Å². The van der Waals surface area contributed by atoms with E-state index in [1.165, 1.54) is 5.57 Å². The van der Waals surface area contributed by atoms with Gasteiger partial charge in [-0.1, -0.05) is 6.08 Å². The van der Waals surface area contributed by atoms with Crippen LogP contribution in [0.15, 0.2) is 23.5 Å². The van der Waals surface area contributed by atoms with E-state index < -0.39 is 0 Å². The Morgan fingerprint density at radius 3 is 2.75 bits per heavy atom. The van der Waals surface area contributed by atoms with Gasteiger partial charge in [-0.25, -0.2) is 0 Å². The normalized spacial score (nSPS) is 19.6. The van der Waals surface area contributed by atoms with Crippen molar-refractivity contribution in [2.24, 2.45) is 0 Å². The van der Waals surface area contributed by atoms with Gasteiger partial charge in [0.2, 0.25) is 0 Å². The Morgan fingerprint density at radius 2 is 2.38 bits per heavy atom. The van der Waals surface area contributed by atoms with Crippen molar-refractivity contribution < 1.29 is 5.11 Å². The highest BCUT2D eigenvalue weighted by Crippen LogP contribution is 2.14. The van der Waals surface area contributed by atoms with Crippen molar-refractivity contribution >= 4 is 0 Å². The highest BCUT2D eigenvalue weighted by Gasteiger charge is 2.03. The molecule has 1 heteroatoms. The molecule has 0 aromatic heterocycles. The van der Waals surface area contributed by atoms with E-state index >= 15 is 0 Å². The van der Waals surface area contributed by atoms with Gasteiger partial charge in [-0.05, 0) is 19.8 Å². The van der Waals surface area contributed by atoms with E-state index in [4.69, 9.17) is 5.11 Å². The van der Waals surface area contributed by atoms with Crippen LogP contribution in [0.5, 0.6) is 0 Å². The number of allylic oxidation sites excluding steroid dienone is 3. The zero-order valence-electron chi connectivity index (χ0n) is 5.07. The van der Waals surface area contributed by atoms with Gasteiger partial charge < -0.3 is 5.11 Å². The molecule has 0 aromatic rings. The highest BCUT2D eigenvalue weighted by atomic mass is 16.3. The van der Waals surface area contributed by atoms with E-state index in [2.05, 4.69) is 6.08 Å². The first kappa shape index (κ1) is 5.42. The predicted octanol–water partition coefficient (Wildman–Crippen LogP) is 1.33. The first-order valence-corrected chi connectivity index (χ1v) is 2.88. The molecule has 0 bridgehead atoms. The van der Waals surface area contributed by atoms with Gasteiger partial charge in [0.15, 0.2) is 0 Å². The largest absolute Gasteiger partial charge is 0.593 e. The molecule has 0 saturated heterocycles. The monoisotopic (exact) mass is 111 g/mol. The smallest absolute Gasteiger partial charge is 0.252 e. The molecule has 8 heavy (non-hydrogen) atoms. The average Bonchev–Trinajstić information content (AvgIpc) is 1.77. The number of hydrogen-bond donors (Lipinski definition) is 0. The van der Waals surface area contributed by atoms with E-state index in [1.807, 2.05) is 13.0 Å². The fourth-order valence-electron chi connectivity index (χ4n) is 0.778. The summed E-state index contributed by atoms with van der Waals surface area (Å²) in [7, 11) is 0. The van der Waals surface area contributed by atoms with E-state index in [0.717, 1.165) is 12.8 Å². The molecule has 0 amide bonds. The summed E-state index contributed by atoms with van der Waals surface area (Å²) in [6.07, 6.45) is 6.12. The van der Waals surface area contributed by atoms with Crippen molar-refractivity contribution in [3.05, 3.63) is 23.5 Å². The summed E-state index contributed by atoms with van der Waals surface area (Å²) >= 11 is 0. The molecule has 0 heterocycles. The zero-order chi connectivity index (χ0) is 5.98. The Labute approximate surface area is 49.3 Å². The van der Waals surface area contributed by atoms with E-state index in [1.54, 1.807) is 0 Å². The lowest BCUT2D eigenvalue weighted by Crippen LogP contribution is -1.88. The molecule has 0 aromatic carbocycles. The van der Waals surface area contributed by atoms with Crippen LogP contribution in [-0.4, -0.2) is 5.11 Å². The van der Waals surface area contributed by atoms with Crippen LogP contribution in [0.25, 0.3) is 0 Å². The maximum Gasteiger partial charge on any atom is 0.252 e. The predicted molar refractivity (Wildman–Crippen MR) is 34.7 cm³/mol. The van der Waals surface area contributed by atoms with Crippen LogP contribution < -0.4 is 0 Å². The quantitative estimate of drug-likeness (QED) is 0.421.